The van der Waals surface area contributed by atoms with E-state index in [1.165, 1.54) is 0 Å². The van der Waals surface area contributed by atoms with Gasteiger partial charge in [-0.05, 0) is 24.6 Å². The summed E-state index contributed by atoms with van der Waals surface area (Å²) in [5.74, 6) is 0. The molecule has 0 aromatic rings. The Labute approximate surface area is 51.9 Å². The Kier molecular flexibility index (Phi) is 1.43. The van der Waals surface area contributed by atoms with Crippen LogP contribution in [0.1, 0.15) is 12.8 Å². The molecule has 0 bridgehead atoms. The molecule has 1 aliphatic rings. The van der Waals surface area contributed by atoms with Crippen molar-refractivity contribution >= 4 is 11.8 Å². The lowest BCUT2D eigenvalue weighted by Crippen LogP contribution is -2.02. The Bertz CT molecular complexity index is 125. The Morgan fingerprint density at radius 2 is 2.38 bits per heavy atom. The van der Waals surface area contributed by atoms with E-state index in [1.807, 2.05) is 5.40 Å². The van der Waals surface area contributed by atoms with Gasteiger partial charge in [0.2, 0.25) is 0 Å². The first-order valence-corrected chi connectivity index (χ1v) is 3.28. The van der Waals surface area contributed by atoms with Crippen LogP contribution in [0.5, 0.6) is 0 Å². The van der Waals surface area contributed by atoms with Crippen molar-refractivity contribution in [2.45, 2.75) is 17.6 Å². The van der Waals surface area contributed by atoms with Crippen molar-refractivity contribution in [3.63, 3.8) is 0 Å². The van der Waals surface area contributed by atoms with E-state index in [4.69, 9.17) is 5.26 Å². The van der Waals surface area contributed by atoms with Gasteiger partial charge in [-0.3, -0.25) is 0 Å². The van der Waals surface area contributed by atoms with Gasteiger partial charge in [0.25, 0.3) is 0 Å². The molecule has 1 aliphatic carbocycles. The van der Waals surface area contributed by atoms with Crippen LogP contribution in [0.15, 0.2) is 0 Å². The van der Waals surface area contributed by atoms with Crippen LogP contribution in [0.2, 0.25) is 0 Å². The summed E-state index contributed by atoms with van der Waals surface area (Å²) in [6.07, 6.45) is 1.75. The molecule has 0 unspecified atom stereocenters. The van der Waals surface area contributed by atoms with Crippen LogP contribution >= 0.6 is 11.8 Å². The van der Waals surface area contributed by atoms with Crippen LogP contribution in [-0.4, -0.2) is 11.4 Å². The van der Waals surface area contributed by atoms with Crippen molar-refractivity contribution in [3.05, 3.63) is 0 Å². The van der Waals surface area contributed by atoms with Gasteiger partial charge < -0.3 is 0 Å². The fraction of sp³-hybridized carbons (Fsp3) is 0.800. The number of hydrogen-bond acceptors (Lipinski definition) is 2. The van der Waals surface area contributed by atoms with Gasteiger partial charge in [-0.15, -0.1) is 0 Å². The van der Waals surface area contributed by atoms with Gasteiger partial charge >= 0.3 is 0 Å². The van der Waals surface area contributed by atoms with Crippen molar-refractivity contribution in [1.82, 2.24) is 0 Å². The average molecular weight is 131 g/mol. The Morgan fingerprint density at radius 3 is 2.50 bits per heavy atom. The molecule has 1 fully saturated rings. The highest BCUT2D eigenvalue weighted by Gasteiger charge is 2.43. The maximum atomic E-state index is 11.8. The third-order valence-corrected chi connectivity index (χ3v) is 2.36. The molecule has 0 heterocycles. The predicted octanol–water partition coefficient (Wildman–Crippen LogP) is 1.70. The quantitative estimate of drug-likeness (QED) is 0.532. The Hall–Kier alpha value is -0.230. The monoisotopic (exact) mass is 131 g/mol. The summed E-state index contributed by atoms with van der Waals surface area (Å²) in [6, 6.07) is 0. The molecule has 0 radical (unpaired) electrons. The van der Waals surface area contributed by atoms with Gasteiger partial charge in [0, 0.05) is 0 Å². The molecule has 0 N–H and O–H groups in total. The molecule has 8 heavy (non-hydrogen) atoms. The van der Waals surface area contributed by atoms with E-state index >= 15 is 0 Å². The molecule has 3 heteroatoms. The lowest BCUT2D eigenvalue weighted by atomic mass is 10.5. The first kappa shape index (κ1) is 5.90. The minimum absolute atomic E-state index is 0.269. The maximum absolute atomic E-state index is 11.8. The first-order valence-electron chi connectivity index (χ1n) is 2.46. The second-order valence-corrected chi connectivity index (χ2v) is 3.26. The number of alkyl halides is 1. The van der Waals surface area contributed by atoms with Crippen LogP contribution in [-0.2, 0) is 0 Å². The SMILES string of the molecule is N#CSC1(CF)CC1. The van der Waals surface area contributed by atoms with E-state index in [1.54, 1.807) is 0 Å². The number of thioether (sulfide) groups is 1. The van der Waals surface area contributed by atoms with Crippen LogP contribution in [0, 0.1) is 10.7 Å². The largest absolute Gasteiger partial charge is 0.250 e. The Balaban J connectivity index is 2.33. The number of rotatable bonds is 2. The highest BCUT2D eigenvalue weighted by atomic mass is 32.2. The number of halogens is 1. The summed E-state index contributed by atoms with van der Waals surface area (Å²) >= 11 is 1.08. The molecule has 0 spiro atoms. The van der Waals surface area contributed by atoms with E-state index in [2.05, 4.69) is 0 Å². The van der Waals surface area contributed by atoms with Crippen molar-refractivity contribution < 1.29 is 4.39 Å². The highest BCUT2D eigenvalue weighted by Crippen LogP contribution is 2.48. The summed E-state index contributed by atoms with van der Waals surface area (Å²) in [5, 5.41) is 10.0. The molecule has 0 amide bonds. The van der Waals surface area contributed by atoms with E-state index in [-0.39, 0.29) is 11.4 Å². The number of nitrogens with zero attached hydrogens (tertiary/aromatic N) is 1. The number of thiocyanates is 1. The van der Waals surface area contributed by atoms with Gasteiger partial charge in [-0.1, -0.05) is 0 Å². The highest BCUT2D eigenvalue weighted by molar-refractivity contribution is 8.05. The summed E-state index contributed by atoms with van der Waals surface area (Å²) in [4.78, 5) is 0. The maximum Gasteiger partial charge on any atom is 0.134 e. The molecular formula is C5H6FNS. The standard InChI is InChI=1S/C5H6FNS/c6-3-5(1-2-5)8-4-7/h1-3H2. The lowest BCUT2D eigenvalue weighted by Gasteiger charge is -1.98. The second kappa shape index (κ2) is 1.94. The van der Waals surface area contributed by atoms with Crippen LogP contribution in [0.3, 0.4) is 0 Å². The summed E-state index contributed by atoms with van der Waals surface area (Å²) in [7, 11) is 0. The van der Waals surface area contributed by atoms with E-state index < -0.39 is 0 Å². The second-order valence-electron chi connectivity index (χ2n) is 2.01. The van der Waals surface area contributed by atoms with Gasteiger partial charge in [-0.2, -0.15) is 5.26 Å². The number of hydrogen-bond donors (Lipinski definition) is 0. The third kappa shape index (κ3) is 0.948. The smallest absolute Gasteiger partial charge is 0.134 e. The third-order valence-electron chi connectivity index (χ3n) is 1.31. The first-order chi connectivity index (χ1) is 3.83. The van der Waals surface area contributed by atoms with Crippen molar-refractivity contribution in [2.24, 2.45) is 0 Å². The minimum Gasteiger partial charge on any atom is -0.250 e. The molecule has 0 aliphatic heterocycles. The van der Waals surface area contributed by atoms with E-state index in [0.29, 0.717) is 0 Å². The van der Waals surface area contributed by atoms with E-state index in [9.17, 15) is 4.39 Å². The fourth-order valence-corrected chi connectivity index (χ4v) is 1.05. The Morgan fingerprint density at radius 1 is 1.75 bits per heavy atom. The zero-order chi connectivity index (χ0) is 6.04. The normalized spacial score (nSPS) is 22.0. The van der Waals surface area contributed by atoms with Gasteiger partial charge in [0.15, 0.2) is 0 Å². The van der Waals surface area contributed by atoms with Crippen molar-refractivity contribution in [1.29, 1.82) is 5.26 Å². The zero-order valence-electron chi connectivity index (χ0n) is 4.35. The number of nitriles is 1. The summed E-state index contributed by atoms with van der Waals surface area (Å²) < 4.78 is 11.6. The summed E-state index contributed by atoms with van der Waals surface area (Å²) in [6.45, 7) is -0.342. The molecular weight excluding hydrogens is 125 g/mol. The molecule has 0 atom stereocenters. The van der Waals surface area contributed by atoms with Crippen molar-refractivity contribution in [2.75, 3.05) is 6.67 Å². The summed E-state index contributed by atoms with van der Waals surface area (Å²) in [5.41, 5.74) is 0. The topological polar surface area (TPSA) is 23.8 Å². The predicted molar refractivity (Wildman–Crippen MR) is 31.1 cm³/mol. The molecule has 1 rings (SSSR count). The minimum atomic E-state index is -0.342. The fourth-order valence-electron chi connectivity index (χ4n) is 0.499. The van der Waals surface area contributed by atoms with Crippen LogP contribution in [0.4, 0.5) is 4.39 Å². The van der Waals surface area contributed by atoms with Crippen LogP contribution < -0.4 is 0 Å². The lowest BCUT2D eigenvalue weighted by molar-refractivity contribution is 0.477. The van der Waals surface area contributed by atoms with E-state index in [0.717, 1.165) is 24.6 Å². The molecule has 1 saturated carbocycles. The van der Waals surface area contributed by atoms with Crippen molar-refractivity contribution in [3.8, 4) is 5.40 Å². The van der Waals surface area contributed by atoms with Gasteiger partial charge in [-0.25, -0.2) is 4.39 Å². The molecule has 1 nitrogen and oxygen atoms in total. The zero-order valence-corrected chi connectivity index (χ0v) is 5.17. The molecule has 0 aromatic carbocycles. The van der Waals surface area contributed by atoms with Crippen LogP contribution in [0.25, 0.3) is 0 Å². The average Bonchev–Trinajstić information content (AvgIpc) is 2.50. The van der Waals surface area contributed by atoms with Gasteiger partial charge in [0.1, 0.15) is 12.1 Å². The molecule has 0 saturated heterocycles. The molecule has 0 aromatic heterocycles. The van der Waals surface area contributed by atoms with Gasteiger partial charge in [0.05, 0.1) is 4.75 Å². The molecule has 44 valence electrons.